The summed E-state index contributed by atoms with van der Waals surface area (Å²) >= 11 is 0. The molecule has 0 unspecified atom stereocenters. The average molecular weight is 441 g/mol. The summed E-state index contributed by atoms with van der Waals surface area (Å²) in [5.74, 6) is -0.816. The van der Waals surface area contributed by atoms with E-state index in [0.29, 0.717) is 31.6 Å². The molecule has 1 saturated carbocycles. The number of hydrogen-bond acceptors (Lipinski definition) is 5. The first-order chi connectivity index (χ1) is 15.3. The van der Waals surface area contributed by atoms with E-state index >= 15 is 0 Å². The lowest BCUT2D eigenvalue weighted by Gasteiger charge is -2.29. The Labute approximate surface area is 189 Å². The van der Waals surface area contributed by atoms with Crippen LogP contribution in [0.2, 0.25) is 0 Å². The lowest BCUT2D eigenvalue weighted by Crippen LogP contribution is -2.54. The number of ether oxygens (including phenoxy) is 2. The molecule has 0 aliphatic heterocycles. The van der Waals surface area contributed by atoms with Crippen molar-refractivity contribution in [2.75, 3.05) is 13.7 Å². The number of rotatable bonds is 8. The lowest BCUT2D eigenvalue weighted by atomic mass is 9.90. The summed E-state index contributed by atoms with van der Waals surface area (Å²) < 4.78 is 11.2. The van der Waals surface area contributed by atoms with Crippen LogP contribution in [0, 0.1) is 13.8 Å². The first kappa shape index (κ1) is 23.6. The highest BCUT2D eigenvalue weighted by atomic mass is 16.5. The highest BCUT2D eigenvalue weighted by Gasteiger charge is 2.40. The van der Waals surface area contributed by atoms with Gasteiger partial charge in [-0.1, -0.05) is 49.4 Å². The Hall–Kier alpha value is -3.09. The summed E-state index contributed by atoms with van der Waals surface area (Å²) in [6.45, 7) is 4.51. The molecule has 172 valence electrons. The minimum Gasteiger partial charge on any atom is -0.488 e. The van der Waals surface area contributed by atoms with Crippen LogP contribution in [0.4, 0.5) is 0 Å². The second-order valence-electron chi connectivity index (χ2n) is 8.52. The van der Waals surface area contributed by atoms with E-state index in [4.69, 9.17) is 9.47 Å². The molecule has 3 rings (SSSR count). The zero-order valence-corrected chi connectivity index (χ0v) is 19.1. The van der Waals surface area contributed by atoms with Gasteiger partial charge in [0.15, 0.2) is 5.75 Å². The van der Waals surface area contributed by atoms with E-state index in [2.05, 4.69) is 42.3 Å². The van der Waals surface area contributed by atoms with Crippen molar-refractivity contribution in [3.8, 4) is 11.6 Å². The van der Waals surface area contributed by atoms with Crippen molar-refractivity contribution in [1.29, 1.82) is 0 Å². The molecular weight excluding hydrogens is 408 g/mol. The molecule has 0 atom stereocenters. The number of amides is 1. The lowest BCUT2D eigenvalue weighted by molar-refractivity contribution is -0.145. The number of methoxy groups -OCH3 is 1. The van der Waals surface area contributed by atoms with Gasteiger partial charge in [-0.3, -0.25) is 4.79 Å². The van der Waals surface area contributed by atoms with Crippen molar-refractivity contribution in [3.05, 3.63) is 52.7 Å². The number of carboxylic acids is 1. The molecule has 1 aliphatic carbocycles. The molecule has 1 amide bonds. The van der Waals surface area contributed by atoms with E-state index in [1.807, 2.05) is 0 Å². The summed E-state index contributed by atoms with van der Waals surface area (Å²) in [4.78, 5) is 29.2. The maximum Gasteiger partial charge on any atom is 0.329 e. The molecule has 1 aromatic carbocycles. The molecule has 0 bridgehead atoms. The van der Waals surface area contributed by atoms with Gasteiger partial charge < -0.3 is 19.9 Å². The summed E-state index contributed by atoms with van der Waals surface area (Å²) in [7, 11) is 1.49. The average Bonchev–Trinajstić information content (AvgIpc) is 3.02. The predicted octanol–water partition coefficient (Wildman–Crippen LogP) is 4.24. The number of carbonyl (C=O) groups excluding carboxylic acids is 1. The third kappa shape index (κ3) is 5.58. The van der Waals surface area contributed by atoms with E-state index in [1.165, 1.54) is 30.0 Å². The Morgan fingerprint density at radius 1 is 1.12 bits per heavy atom. The SMILES string of the molecule is COc1ncc(C(=O)NC2(C(=O)O)CCCCCC2)cc1OCCc1cc(C)ccc1C. The van der Waals surface area contributed by atoms with Gasteiger partial charge in [0.05, 0.1) is 19.3 Å². The fourth-order valence-corrected chi connectivity index (χ4v) is 4.17. The van der Waals surface area contributed by atoms with Gasteiger partial charge in [0, 0.05) is 18.7 Å². The van der Waals surface area contributed by atoms with Crippen molar-refractivity contribution in [2.24, 2.45) is 0 Å². The van der Waals surface area contributed by atoms with E-state index in [1.54, 1.807) is 6.07 Å². The van der Waals surface area contributed by atoms with Crippen LogP contribution in [0.15, 0.2) is 30.5 Å². The number of aryl methyl sites for hydroxylation is 2. The van der Waals surface area contributed by atoms with E-state index in [-0.39, 0.29) is 11.4 Å². The number of pyridine rings is 1. The number of hydrogen-bond donors (Lipinski definition) is 2. The van der Waals surface area contributed by atoms with Crippen molar-refractivity contribution in [1.82, 2.24) is 10.3 Å². The molecule has 1 aliphatic rings. The summed E-state index contributed by atoms with van der Waals surface area (Å²) in [5, 5.41) is 12.6. The largest absolute Gasteiger partial charge is 0.488 e. The van der Waals surface area contributed by atoms with E-state index < -0.39 is 17.4 Å². The molecule has 2 N–H and O–H groups in total. The van der Waals surface area contributed by atoms with Crippen molar-refractivity contribution in [2.45, 2.75) is 64.3 Å². The van der Waals surface area contributed by atoms with Gasteiger partial charge in [-0.15, -0.1) is 0 Å². The number of carbonyl (C=O) groups is 2. The summed E-state index contributed by atoms with van der Waals surface area (Å²) in [6, 6.07) is 7.86. The van der Waals surface area contributed by atoms with Gasteiger partial charge in [0.25, 0.3) is 11.8 Å². The Morgan fingerprint density at radius 3 is 2.50 bits per heavy atom. The molecule has 0 spiro atoms. The summed E-state index contributed by atoms with van der Waals surface area (Å²) in [5.41, 5.74) is 2.59. The van der Waals surface area contributed by atoms with E-state index in [0.717, 1.165) is 25.7 Å². The molecule has 1 fully saturated rings. The number of aliphatic carboxylic acids is 1. The van der Waals surface area contributed by atoms with Crippen LogP contribution in [0.25, 0.3) is 0 Å². The Bertz CT molecular complexity index is 965. The van der Waals surface area contributed by atoms with Gasteiger partial charge in [0.1, 0.15) is 5.54 Å². The zero-order chi connectivity index (χ0) is 23.1. The van der Waals surface area contributed by atoms with Gasteiger partial charge >= 0.3 is 5.97 Å². The predicted molar refractivity (Wildman–Crippen MR) is 121 cm³/mol. The smallest absolute Gasteiger partial charge is 0.329 e. The molecule has 7 heteroatoms. The molecule has 1 aromatic heterocycles. The van der Waals surface area contributed by atoms with Crippen LogP contribution < -0.4 is 14.8 Å². The van der Waals surface area contributed by atoms with Gasteiger partial charge in [-0.05, 0) is 37.8 Å². The molecule has 1 heterocycles. The Balaban J connectivity index is 1.73. The van der Waals surface area contributed by atoms with Gasteiger partial charge in [-0.25, -0.2) is 9.78 Å². The monoisotopic (exact) mass is 440 g/mol. The van der Waals surface area contributed by atoms with Crippen molar-refractivity contribution < 1.29 is 24.2 Å². The second kappa shape index (κ2) is 10.5. The second-order valence-corrected chi connectivity index (χ2v) is 8.52. The van der Waals surface area contributed by atoms with Gasteiger partial charge in [0.2, 0.25) is 0 Å². The van der Waals surface area contributed by atoms with Crippen LogP contribution in [-0.4, -0.2) is 41.2 Å². The maximum absolute atomic E-state index is 13.0. The zero-order valence-electron chi connectivity index (χ0n) is 19.1. The fourth-order valence-electron chi connectivity index (χ4n) is 4.17. The Kier molecular flexibility index (Phi) is 7.72. The Morgan fingerprint density at radius 2 is 1.84 bits per heavy atom. The first-order valence-corrected chi connectivity index (χ1v) is 11.1. The minimum atomic E-state index is -1.24. The van der Waals surface area contributed by atoms with Crippen LogP contribution in [0.5, 0.6) is 11.6 Å². The normalized spacial score (nSPS) is 15.5. The highest BCUT2D eigenvalue weighted by molar-refractivity contribution is 5.98. The van der Waals surface area contributed by atoms with Crippen LogP contribution in [0.3, 0.4) is 0 Å². The molecule has 0 saturated heterocycles. The quantitative estimate of drug-likeness (QED) is 0.596. The van der Waals surface area contributed by atoms with Crippen molar-refractivity contribution >= 4 is 11.9 Å². The van der Waals surface area contributed by atoms with Crippen LogP contribution in [0.1, 0.15) is 65.6 Å². The molecule has 7 nitrogen and oxygen atoms in total. The number of nitrogens with one attached hydrogen (secondary N) is 1. The van der Waals surface area contributed by atoms with Crippen molar-refractivity contribution in [3.63, 3.8) is 0 Å². The molecule has 2 aromatic rings. The molecule has 0 radical (unpaired) electrons. The topological polar surface area (TPSA) is 97.8 Å². The van der Waals surface area contributed by atoms with E-state index in [9.17, 15) is 14.7 Å². The number of carboxylic acid groups (broad SMARTS) is 1. The van der Waals surface area contributed by atoms with Crippen LogP contribution >= 0.6 is 0 Å². The third-order valence-corrected chi connectivity index (χ3v) is 6.13. The number of nitrogens with zero attached hydrogens (tertiary/aromatic N) is 1. The number of benzene rings is 1. The first-order valence-electron chi connectivity index (χ1n) is 11.1. The third-order valence-electron chi connectivity index (χ3n) is 6.13. The molecular formula is C25H32N2O5. The number of aromatic nitrogens is 1. The highest BCUT2D eigenvalue weighted by Crippen LogP contribution is 2.29. The fraction of sp³-hybridized carbons (Fsp3) is 0.480. The minimum absolute atomic E-state index is 0.248. The maximum atomic E-state index is 13.0. The van der Waals surface area contributed by atoms with Crippen LogP contribution in [-0.2, 0) is 11.2 Å². The standard InChI is InChI=1S/C25H32N2O5/c1-17-8-9-18(2)19(14-17)10-13-32-21-15-20(16-26-23(21)31-3)22(28)27-25(24(29)30)11-6-4-5-7-12-25/h8-9,14-16H,4-7,10-13H2,1-3H3,(H,27,28)(H,29,30). The van der Waals surface area contributed by atoms with Gasteiger partial charge in [-0.2, -0.15) is 0 Å². The molecule has 32 heavy (non-hydrogen) atoms. The summed E-state index contributed by atoms with van der Waals surface area (Å²) in [6.07, 6.45) is 6.46.